The van der Waals surface area contributed by atoms with Gasteiger partial charge in [0.1, 0.15) is 5.75 Å². The first-order valence-corrected chi connectivity index (χ1v) is 5.62. The monoisotopic (exact) mass is 273 g/mol. The topological polar surface area (TPSA) is 49.3 Å². The Morgan fingerprint density at radius 3 is 2.63 bits per heavy atom. The Kier molecular flexibility index (Phi) is 4.97. The van der Waals surface area contributed by atoms with E-state index in [0.717, 1.165) is 6.07 Å². The van der Waals surface area contributed by atoms with Gasteiger partial charge in [0.05, 0.1) is 5.56 Å². The van der Waals surface area contributed by atoms with E-state index >= 15 is 0 Å². The van der Waals surface area contributed by atoms with E-state index in [4.69, 9.17) is 0 Å². The van der Waals surface area contributed by atoms with E-state index in [1.165, 1.54) is 19.1 Å². The summed E-state index contributed by atoms with van der Waals surface area (Å²) in [5.41, 5.74) is -0.587. The van der Waals surface area contributed by atoms with E-state index in [1.807, 2.05) is 0 Å². The van der Waals surface area contributed by atoms with Crippen LogP contribution in [0.15, 0.2) is 24.3 Å². The number of amides is 1. The predicted octanol–water partition coefficient (Wildman–Crippen LogP) is 2.95. The van der Waals surface area contributed by atoms with Crippen LogP contribution in [0.5, 0.6) is 5.75 Å². The van der Waals surface area contributed by atoms with Crippen molar-refractivity contribution in [3.05, 3.63) is 35.4 Å². The maximum absolute atomic E-state index is 12.4. The molecular formula is C13H14F3NO2. The van der Waals surface area contributed by atoms with Gasteiger partial charge in [-0.2, -0.15) is 13.2 Å². The van der Waals surface area contributed by atoms with Crippen molar-refractivity contribution in [3.8, 4) is 5.75 Å². The molecule has 0 atom stereocenters. The van der Waals surface area contributed by atoms with E-state index in [9.17, 15) is 23.1 Å². The molecule has 0 aliphatic heterocycles. The minimum atomic E-state index is -4.47. The number of alkyl halides is 3. The van der Waals surface area contributed by atoms with Crippen molar-refractivity contribution in [1.29, 1.82) is 0 Å². The summed E-state index contributed by atoms with van der Waals surface area (Å²) in [6.07, 6.45) is -0.763. The molecule has 1 rings (SSSR count). The Morgan fingerprint density at radius 1 is 1.42 bits per heavy atom. The van der Waals surface area contributed by atoms with Crippen molar-refractivity contribution in [2.75, 3.05) is 6.54 Å². The molecule has 0 spiro atoms. The lowest BCUT2D eigenvalue weighted by atomic mass is 10.1. The van der Waals surface area contributed by atoms with Crippen molar-refractivity contribution >= 4 is 12.0 Å². The van der Waals surface area contributed by atoms with Gasteiger partial charge in [-0.1, -0.05) is 18.2 Å². The average Bonchev–Trinajstić information content (AvgIpc) is 2.28. The summed E-state index contributed by atoms with van der Waals surface area (Å²) in [5.74, 6) is -0.573. The third-order valence-electron chi connectivity index (χ3n) is 2.34. The molecule has 0 saturated heterocycles. The van der Waals surface area contributed by atoms with Gasteiger partial charge < -0.3 is 10.4 Å². The zero-order valence-corrected chi connectivity index (χ0v) is 10.3. The lowest BCUT2D eigenvalue weighted by Gasteiger charge is -2.08. The number of nitrogens with one attached hydrogen (secondary N) is 1. The van der Waals surface area contributed by atoms with Crippen LogP contribution in [0.25, 0.3) is 6.08 Å². The van der Waals surface area contributed by atoms with Crippen molar-refractivity contribution in [1.82, 2.24) is 5.32 Å². The molecule has 0 aliphatic rings. The summed E-state index contributed by atoms with van der Waals surface area (Å²) >= 11 is 0. The molecular weight excluding hydrogens is 259 g/mol. The molecule has 6 heteroatoms. The predicted molar refractivity (Wildman–Crippen MR) is 65.4 cm³/mol. The summed E-state index contributed by atoms with van der Waals surface area (Å²) in [5, 5.41) is 12.1. The summed E-state index contributed by atoms with van der Waals surface area (Å²) in [4.78, 5) is 10.6. The summed E-state index contributed by atoms with van der Waals surface area (Å²) in [6.45, 7) is 1.83. The van der Waals surface area contributed by atoms with Gasteiger partial charge in [-0.15, -0.1) is 0 Å². The summed E-state index contributed by atoms with van der Waals surface area (Å²) < 4.78 is 37.1. The Morgan fingerprint density at radius 2 is 2.11 bits per heavy atom. The minimum Gasteiger partial charge on any atom is -0.507 e. The summed E-state index contributed by atoms with van der Waals surface area (Å²) in [7, 11) is 0. The number of rotatable bonds is 4. The van der Waals surface area contributed by atoms with E-state index in [0.29, 0.717) is 24.6 Å². The standard InChI is InChI=1S/C13H14F3NO2/c1-9(18)17-7-3-2-4-10-5-6-11(8-12(10)19)13(14,15)16/h2,4-6,8,19H,3,7H2,1H3,(H,17,18). The highest BCUT2D eigenvalue weighted by molar-refractivity contribution is 5.72. The molecule has 3 nitrogen and oxygen atoms in total. The van der Waals surface area contributed by atoms with Crippen LogP contribution in [-0.4, -0.2) is 17.6 Å². The van der Waals surface area contributed by atoms with Crippen molar-refractivity contribution in [3.63, 3.8) is 0 Å². The molecule has 0 radical (unpaired) electrons. The SMILES string of the molecule is CC(=O)NCCC=Cc1ccc(C(F)(F)F)cc1O. The van der Waals surface area contributed by atoms with E-state index in [-0.39, 0.29) is 5.91 Å². The first-order valence-electron chi connectivity index (χ1n) is 5.62. The second kappa shape index (κ2) is 6.26. The zero-order chi connectivity index (χ0) is 14.5. The van der Waals surface area contributed by atoms with Gasteiger partial charge in [-0.3, -0.25) is 4.79 Å². The highest BCUT2D eigenvalue weighted by Gasteiger charge is 2.30. The Bertz CT molecular complexity index is 481. The molecule has 2 N–H and O–H groups in total. The number of hydrogen-bond acceptors (Lipinski definition) is 2. The summed E-state index contributed by atoms with van der Waals surface area (Å²) in [6, 6.07) is 2.80. The molecule has 0 saturated carbocycles. The van der Waals surface area contributed by atoms with Crippen LogP contribution >= 0.6 is 0 Å². The first kappa shape index (κ1) is 15.1. The van der Waals surface area contributed by atoms with E-state index in [2.05, 4.69) is 5.32 Å². The van der Waals surface area contributed by atoms with Gasteiger partial charge >= 0.3 is 6.18 Å². The molecule has 0 bridgehead atoms. The van der Waals surface area contributed by atoms with Crippen LogP contribution in [0.3, 0.4) is 0 Å². The van der Waals surface area contributed by atoms with Gasteiger partial charge in [0, 0.05) is 19.0 Å². The molecule has 19 heavy (non-hydrogen) atoms. The Labute approximate surface area is 108 Å². The zero-order valence-electron chi connectivity index (χ0n) is 10.3. The first-order chi connectivity index (χ1) is 8.80. The molecule has 1 aromatic carbocycles. The van der Waals surface area contributed by atoms with Crippen LogP contribution in [0.1, 0.15) is 24.5 Å². The molecule has 0 heterocycles. The van der Waals surface area contributed by atoms with Crippen molar-refractivity contribution < 1.29 is 23.1 Å². The number of phenolic OH excluding ortho intramolecular Hbond substituents is 1. The highest BCUT2D eigenvalue weighted by Crippen LogP contribution is 2.32. The molecule has 1 amide bonds. The van der Waals surface area contributed by atoms with Gasteiger partial charge in [-0.05, 0) is 18.6 Å². The van der Waals surface area contributed by atoms with Crippen LogP contribution in [0.2, 0.25) is 0 Å². The number of hydrogen-bond donors (Lipinski definition) is 2. The fourth-order valence-corrected chi connectivity index (χ4v) is 1.40. The number of carbonyl (C=O) groups is 1. The molecule has 0 aliphatic carbocycles. The third kappa shape index (κ3) is 5.03. The van der Waals surface area contributed by atoms with Crippen LogP contribution in [0.4, 0.5) is 13.2 Å². The number of phenols is 1. The minimum absolute atomic E-state index is 0.147. The van der Waals surface area contributed by atoms with Crippen LogP contribution in [-0.2, 0) is 11.0 Å². The molecule has 0 unspecified atom stereocenters. The molecule has 1 aromatic rings. The number of carbonyl (C=O) groups excluding carboxylic acids is 1. The fraction of sp³-hybridized carbons (Fsp3) is 0.308. The average molecular weight is 273 g/mol. The number of halogens is 3. The van der Waals surface area contributed by atoms with Crippen LogP contribution < -0.4 is 5.32 Å². The fourth-order valence-electron chi connectivity index (χ4n) is 1.40. The Balaban J connectivity index is 2.65. The lowest BCUT2D eigenvalue weighted by molar-refractivity contribution is -0.137. The second-order valence-corrected chi connectivity index (χ2v) is 3.95. The van der Waals surface area contributed by atoms with E-state index in [1.54, 1.807) is 6.08 Å². The normalized spacial score (nSPS) is 11.8. The number of aromatic hydroxyl groups is 1. The highest BCUT2D eigenvalue weighted by atomic mass is 19.4. The second-order valence-electron chi connectivity index (χ2n) is 3.95. The van der Waals surface area contributed by atoms with Gasteiger partial charge in [-0.25, -0.2) is 0 Å². The lowest BCUT2D eigenvalue weighted by Crippen LogP contribution is -2.20. The molecule has 104 valence electrons. The Hall–Kier alpha value is -1.98. The van der Waals surface area contributed by atoms with Gasteiger partial charge in [0.15, 0.2) is 0 Å². The van der Waals surface area contributed by atoms with Crippen molar-refractivity contribution in [2.24, 2.45) is 0 Å². The van der Waals surface area contributed by atoms with Gasteiger partial charge in [0.25, 0.3) is 0 Å². The molecule has 0 aromatic heterocycles. The largest absolute Gasteiger partial charge is 0.507 e. The van der Waals surface area contributed by atoms with Crippen molar-refractivity contribution in [2.45, 2.75) is 19.5 Å². The third-order valence-corrected chi connectivity index (χ3v) is 2.34. The van der Waals surface area contributed by atoms with Crippen LogP contribution in [0, 0.1) is 0 Å². The smallest absolute Gasteiger partial charge is 0.416 e. The maximum atomic E-state index is 12.4. The quantitative estimate of drug-likeness (QED) is 0.829. The van der Waals surface area contributed by atoms with E-state index < -0.39 is 17.5 Å². The molecule has 0 fully saturated rings. The number of benzene rings is 1. The maximum Gasteiger partial charge on any atom is 0.416 e. The van der Waals surface area contributed by atoms with Gasteiger partial charge in [0.2, 0.25) is 5.91 Å².